The molecule has 1 atom stereocenters. The minimum absolute atomic E-state index is 0. The molecule has 0 amide bonds. The summed E-state index contributed by atoms with van der Waals surface area (Å²) in [6.07, 6.45) is 0. The van der Waals surface area contributed by atoms with Gasteiger partial charge in [-0.05, 0) is 0 Å². The Balaban J connectivity index is -0.0000000200. The van der Waals surface area contributed by atoms with Crippen molar-refractivity contribution in [3.63, 3.8) is 0 Å². The molecule has 0 heterocycles. The monoisotopic (exact) mass is 289 g/mol. The first-order chi connectivity index (χ1) is 1.41. The Morgan fingerprint density at radius 3 is 1.60 bits per heavy atom. The summed E-state index contributed by atoms with van der Waals surface area (Å²) < 4.78 is 0. The maximum absolute atomic E-state index is 2.52. The quantitative estimate of drug-likeness (QED) is 0.376. The van der Waals surface area contributed by atoms with Gasteiger partial charge in [-0.15, -0.1) is 0 Å². The Morgan fingerprint density at radius 1 is 1.60 bits per heavy atom. The molecule has 0 aliphatic heterocycles. The zero-order valence-electron chi connectivity index (χ0n) is 2.90. The molecule has 0 fully saturated rings. The van der Waals surface area contributed by atoms with Crippen molar-refractivity contribution in [3.05, 3.63) is 0 Å². The van der Waals surface area contributed by atoms with Crippen molar-refractivity contribution >= 4 is 38.7 Å². The molecule has 0 N–H and O–H groups in total. The van der Waals surface area contributed by atoms with Crippen LogP contribution in [-0.2, 0) is 30.9 Å². The van der Waals surface area contributed by atoms with Gasteiger partial charge < -0.3 is 0 Å². The topological polar surface area (TPSA) is 0 Å². The Bertz CT molecular complexity index is 11.6. The van der Waals surface area contributed by atoms with Crippen LogP contribution in [0.3, 0.4) is 0 Å². The van der Waals surface area contributed by atoms with Crippen LogP contribution in [0.2, 0.25) is 0 Å². The Kier molecular flexibility index (Phi) is 50.9. The van der Waals surface area contributed by atoms with E-state index in [0.717, 1.165) is 0 Å². The molecule has 5 heavy (non-hydrogen) atoms. The second-order valence-electron chi connectivity index (χ2n) is 0.183. The van der Waals surface area contributed by atoms with Crippen LogP contribution in [0.15, 0.2) is 0 Å². The van der Waals surface area contributed by atoms with Crippen molar-refractivity contribution in [2.45, 2.75) is 0 Å². The summed E-state index contributed by atoms with van der Waals surface area (Å²) in [7, 11) is 2.52. The van der Waals surface area contributed by atoms with Gasteiger partial charge in [0.05, 0.1) is 0 Å². The van der Waals surface area contributed by atoms with E-state index in [9.17, 15) is 0 Å². The SMILES string of the molecule is [BH2][Ni][PH2].[Cu].[SnH2]. The van der Waals surface area contributed by atoms with E-state index in [0.29, 0.717) is 0 Å². The molecule has 0 aromatic carbocycles. The van der Waals surface area contributed by atoms with Crippen molar-refractivity contribution in [1.29, 1.82) is 0 Å². The van der Waals surface area contributed by atoms with E-state index in [1.807, 2.05) is 6.74 Å². The molecule has 0 aromatic rings. The third-order valence-corrected chi connectivity index (χ3v) is 0. The van der Waals surface area contributed by atoms with Crippen molar-refractivity contribution in [2.75, 3.05) is 0 Å². The predicted octanol–water partition coefficient (Wildman–Crippen LogP) is -1.51. The van der Waals surface area contributed by atoms with Gasteiger partial charge in [0.15, 0.2) is 0 Å². The van der Waals surface area contributed by atoms with Crippen LogP contribution in [-0.4, -0.2) is 30.6 Å². The van der Waals surface area contributed by atoms with E-state index < -0.39 is 0 Å². The van der Waals surface area contributed by atoms with E-state index in [1.54, 1.807) is 13.8 Å². The zero-order valence-corrected chi connectivity index (χ0v) is 10.0. The third-order valence-electron chi connectivity index (χ3n) is 0. The fourth-order valence-electron chi connectivity index (χ4n) is 0. The van der Waals surface area contributed by atoms with Gasteiger partial charge in [-0.1, -0.05) is 0 Å². The molecule has 5 heteroatoms. The summed E-state index contributed by atoms with van der Waals surface area (Å²) in [5, 5.41) is 0. The van der Waals surface area contributed by atoms with E-state index >= 15 is 0 Å². The third kappa shape index (κ3) is 22.0. The Morgan fingerprint density at radius 2 is 1.60 bits per heavy atom. The zero-order chi connectivity index (χ0) is 2.71. The van der Waals surface area contributed by atoms with Crippen molar-refractivity contribution in [3.8, 4) is 0 Å². The van der Waals surface area contributed by atoms with E-state index in [1.165, 1.54) is 0 Å². The molecule has 0 bridgehead atoms. The summed E-state index contributed by atoms with van der Waals surface area (Å²) in [5.74, 6) is 0. The van der Waals surface area contributed by atoms with Crippen LogP contribution in [0.4, 0.5) is 0 Å². The second kappa shape index (κ2) is 16.2. The summed E-state index contributed by atoms with van der Waals surface area (Å²) in [6.45, 7) is 2.03. The molecule has 0 aliphatic carbocycles. The van der Waals surface area contributed by atoms with Crippen molar-refractivity contribution < 1.29 is 30.9 Å². The number of hydrogen-bond donors (Lipinski definition) is 0. The predicted molar refractivity (Wildman–Crippen MR) is 26.8 cm³/mol. The summed E-state index contributed by atoms with van der Waals surface area (Å²) in [6, 6.07) is 0. The fourth-order valence-corrected chi connectivity index (χ4v) is 0. The van der Waals surface area contributed by atoms with Gasteiger partial charge >= 0.3 is 52.5 Å². The molecule has 0 rings (SSSR count). The molecule has 0 aromatic heterocycles. The summed E-state index contributed by atoms with van der Waals surface area (Å²) >= 11 is 1.54. The van der Waals surface area contributed by atoms with E-state index in [2.05, 4.69) is 8.01 Å². The van der Waals surface area contributed by atoms with Gasteiger partial charge in [-0.2, -0.15) is 0 Å². The first-order valence-electron chi connectivity index (χ1n) is 0.499. The van der Waals surface area contributed by atoms with Gasteiger partial charge in [0.25, 0.3) is 0 Å². The Hall–Kier alpha value is 2.31. The molecule has 0 nitrogen and oxygen atoms in total. The van der Waals surface area contributed by atoms with Crippen LogP contribution in [0.25, 0.3) is 0 Å². The summed E-state index contributed by atoms with van der Waals surface area (Å²) in [4.78, 5) is 0. The van der Waals surface area contributed by atoms with Gasteiger partial charge in [-0.3, -0.25) is 0 Å². The van der Waals surface area contributed by atoms with Crippen LogP contribution in [0.1, 0.15) is 0 Å². The summed E-state index contributed by atoms with van der Waals surface area (Å²) in [5.41, 5.74) is 0. The van der Waals surface area contributed by atoms with Gasteiger partial charge in [0.2, 0.25) is 0 Å². The standard InChI is InChI=1S/BH2.Cu.Ni.H2P.Sn.2H/h1H2;;;1H2;;;/q+1;;;-1;;;. The number of hydrogen-bond acceptors (Lipinski definition) is 0. The molecule has 0 saturated carbocycles. The normalized spacial score (nSPS) is 4.20. The molecule has 1 unspecified atom stereocenters. The maximum atomic E-state index is 2.52. The molecular formula is H6BCuNiPSn. The first-order valence-corrected chi connectivity index (χ1v) is 3.56. The van der Waals surface area contributed by atoms with Crippen LogP contribution < -0.4 is 0 Å². The van der Waals surface area contributed by atoms with E-state index in [4.69, 9.17) is 0 Å². The minimum atomic E-state index is 0. The van der Waals surface area contributed by atoms with Gasteiger partial charge in [0.1, 0.15) is 0 Å². The molecule has 39 valence electrons. The molecule has 0 aliphatic rings. The van der Waals surface area contributed by atoms with Gasteiger partial charge in [-0.25, -0.2) is 0 Å². The van der Waals surface area contributed by atoms with Crippen molar-refractivity contribution in [2.24, 2.45) is 0 Å². The van der Waals surface area contributed by atoms with Crippen molar-refractivity contribution in [1.82, 2.24) is 0 Å². The number of rotatable bonds is 0. The Labute approximate surface area is 68.9 Å². The average molecular weight is 289 g/mol. The second-order valence-corrected chi connectivity index (χ2v) is 2.26. The fraction of sp³-hybridized carbons (Fsp3) is 0. The molecule has 0 spiro atoms. The van der Waals surface area contributed by atoms with Crippen LogP contribution in [0, 0.1) is 0 Å². The molecule has 0 saturated heterocycles. The van der Waals surface area contributed by atoms with Gasteiger partial charge in [0, 0.05) is 17.1 Å². The van der Waals surface area contributed by atoms with Crippen LogP contribution >= 0.6 is 8.01 Å². The average Bonchev–Trinajstić information content (AvgIpc) is 0.918. The van der Waals surface area contributed by atoms with Crippen LogP contribution in [0.5, 0.6) is 0 Å². The van der Waals surface area contributed by atoms with E-state index in [-0.39, 0.29) is 41.0 Å². The molecule has 3 radical (unpaired) electrons. The first kappa shape index (κ1) is 15.7. The molecular weight excluding hydrogens is 283 g/mol.